The Morgan fingerprint density at radius 1 is 1.35 bits per heavy atom. The lowest BCUT2D eigenvalue weighted by Crippen LogP contribution is -2.38. The van der Waals surface area contributed by atoms with Crippen molar-refractivity contribution in [1.29, 1.82) is 0 Å². The smallest absolute Gasteiger partial charge is 0.227 e. The zero-order valence-electron chi connectivity index (χ0n) is 12.3. The maximum atomic E-state index is 12.1. The Morgan fingerprint density at radius 2 is 2.10 bits per heavy atom. The zero-order valence-corrected chi connectivity index (χ0v) is 12.3. The maximum absolute atomic E-state index is 12.1. The summed E-state index contributed by atoms with van der Waals surface area (Å²) in [5.74, 6) is -0.0764. The minimum Gasteiger partial charge on any atom is -0.399 e. The van der Waals surface area contributed by atoms with Gasteiger partial charge in [0.05, 0.1) is 5.92 Å². The van der Waals surface area contributed by atoms with Crippen LogP contribution in [0.5, 0.6) is 0 Å². The first-order chi connectivity index (χ1) is 9.66. The van der Waals surface area contributed by atoms with Crippen LogP contribution in [0.25, 0.3) is 0 Å². The van der Waals surface area contributed by atoms with Gasteiger partial charge >= 0.3 is 0 Å². The van der Waals surface area contributed by atoms with Gasteiger partial charge in [0.2, 0.25) is 5.91 Å². The summed E-state index contributed by atoms with van der Waals surface area (Å²) in [6, 6.07) is 7.55. The van der Waals surface area contributed by atoms with Gasteiger partial charge in [-0.15, -0.1) is 0 Å². The number of carbonyl (C=O) groups is 1. The van der Waals surface area contributed by atoms with Crippen molar-refractivity contribution >= 4 is 11.6 Å². The number of anilines is 1. The van der Waals surface area contributed by atoms with Gasteiger partial charge in [-0.2, -0.15) is 0 Å². The lowest BCUT2D eigenvalue weighted by Gasteiger charge is -2.26. The van der Waals surface area contributed by atoms with E-state index in [2.05, 4.69) is 10.2 Å². The molecule has 1 aliphatic rings. The minimum absolute atomic E-state index is 0.0765. The molecule has 1 heterocycles. The molecule has 4 nitrogen and oxygen atoms in total. The SMILES string of the molecule is CC(C(=O)NCCN1CCCCC1)c1cccc(N)c1. The molecule has 0 aliphatic carbocycles. The number of carbonyl (C=O) groups excluding carboxylic acids is 1. The number of nitrogens with two attached hydrogens (primary N) is 1. The first-order valence-electron chi connectivity index (χ1n) is 7.52. The molecule has 1 aliphatic heterocycles. The van der Waals surface area contributed by atoms with Crippen molar-refractivity contribution in [3.8, 4) is 0 Å². The monoisotopic (exact) mass is 275 g/mol. The van der Waals surface area contributed by atoms with E-state index in [9.17, 15) is 4.79 Å². The molecule has 0 bridgehead atoms. The summed E-state index contributed by atoms with van der Waals surface area (Å²) < 4.78 is 0. The van der Waals surface area contributed by atoms with Gasteiger partial charge in [-0.25, -0.2) is 0 Å². The number of likely N-dealkylation sites (tertiary alicyclic amines) is 1. The normalized spacial score (nSPS) is 17.6. The maximum Gasteiger partial charge on any atom is 0.227 e. The number of nitrogens with one attached hydrogen (secondary N) is 1. The fraction of sp³-hybridized carbons (Fsp3) is 0.562. The van der Waals surface area contributed by atoms with Crippen LogP contribution in [0.4, 0.5) is 5.69 Å². The number of piperidine rings is 1. The van der Waals surface area contributed by atoms with Gasteiger partial charge in [0.15, 0.2) is 0 Å². The Morgan fingerprint density at radius 3 is 2.80 bits per heavy atom. The van der Waals surface area contributed by atoms with Gasteiger partial charge in [-0.05, 0) is 50.6 Å². The van der Waals surface area contributed by atoms with E-state index < -0.39 is 0 Å². The number of amides is 1. The first kappa shape index (κ1) is 14.9. The molecule has 0 radical (unpaired) electrons. The molecule has 2 rings (SSSR count). The summed E-state index contributed by atoms with van der Waals surface area (Å²) in [4.78, 5) is 14.6. The number of rotatable bonds is 5. The second kappa shape index (κ2) is 7.29. The van der Waals surface area contributed by atoms with Gasteiger partial charge in [0.1, 0.15) is 0 Å². The average Bonchev–Trinajstić information content (AvgIpc) is 2.47. The summed E-state index contributed by atoms with van der Waals surface area (Å²) >= 11 is 0. The number of nitrogen functional groups attached to an aromatic ring is 1. The molecule has 1 aromatic carbocycles. The van der Waals surface area contributed by atoms with E-state index in [-0.39, 0.29) is 11.8 Å². The molecule has 20 heavy (non-hydrogen) atoms. The molecule has 1 saturated heterocycles. The van der Waals surface area contributed by atoms with Crippen molar-refractivity contribution in [3.05, 3.63) is 29.8 Å². The van der Waals surface area contributed by atoms with E-state index in [0.717, 1.165) is 18.7 Å². The largest absolute Gasteiger partial charge is 0.399 e. The molecule has 0 aromatic heterocycles. The molecular weight excluding hydrogens is 250 g/mol. The van der Waals surface area contributed by atoms with Gasteiger partial charge < -0.3 is 16.0 Å². The van der Waals surface area contributed by atoms with Crippen LogP contribution in [0.1, 0.15) is 37.7 Å². The third-order valence-corrected chi connectivity index (χ3v) is 3.98. The number of hydrogen-bond donors (Lipinski definition) is 2. The summed E-state index contributed by atoms with van der Waals surface area (Å²) in [5.41, 5.74) is 7.43. The van der Waals surface area contributed by atoms with Crippen molar-refractivity contribution in [2.75, 3.05) is 31.9 Å². The van der Waals surface area contributed by atoms with Crippen LogP contribution in [0, 0.1) is 0 Å². The Labute approximate surface area is 121 Å². The second-order valence-electron chi connectivity index (χ2n) is 5.59. The van der Waals surface area contributed by atoms with Crippen molar-refractivity contribution in [2.45, 2.75) is 32.1 Å². The van der Waals surface area contributed by atoms with Crippen LogP contribution in [0.3, 0.4) is 0 Å². The standard InChI is InChI=1S/C16H25N3O/c1-13(14-6-5-7-15(17)12-14)16(20)18-8-11-19-9-3-2-4-10-19/h5-7,12-13H,2-4,8-11,17H2,1H3,(H,18,20). The summed E-state index contributed by atoms with van der Waals surface area (Å²) in [6.07, 6.45) is 3.91. The molecule has 1 aromatic rings. The third kappa shape index (κ3) is 4.23. The van der Waals surface area contributed by atoms with Gasteiger partial charge in [-0.1, -0.05) is 18.6 Å². The third-order valence-electron chi connectivity index (χ3n) is 3.98. The van der Waals surface area contributed by atoms with Crippen LogP contribution >= 0.6 is 0 Å². The number of benzene rings is 1. The van der Waals surface area contributed by atoms with E-state index >= 15 is 0 Å². The van der Waals surface area contributed by atoms with E-state index in [0.29, 0.717) is 5.69 Å². The quantitative estimate of drug-likeness (QED) is 0.808. The van der Waals surface area contributed by atoms with E-state index in [1.165, 1.54) is 32.4 Å². The van der Waals surface area contributed by atoms with Crippen LogP contribution in [0.15, 0.2) is 24.3 Å². The van der Waals surface area contributed by atoms with Crippen LogP contribution < -0.4 is 11.1 Å². The highest BCUT2D eigenvalue weighted by atomic mass is 16.1. The van der Waals surface area contributed by atoms with Crippen LogP contribution in [-0.2, 0) is 4.79 Å². The van der Waals surface area contributed by atoms with Crippen molar-refractivity contribution < 1.29 is 4.79 Å². The molecule has 0 spiro atoms. The average molecular weight is 275 g/mol. The van der Waals surface area contributed by atoms with Gasteiger partial charge in [0, 0.05) is 18.8 Å². The van der Waals surface area contributed by atoms with Crippen LogP contribution in [0.2, 0.25) is 0 Å². The minimum atomic E-state index is -0.153. The van der Waals surface area contributed by atoms with E-state index in [4.69, 9.17) is 5.73 Å². The van der Waals surface area contributed by atoms with Crippen molar-refractivity contribution in [1.82, 2.24) is 10.2 Å². The summed E-state index contributed by atoms with van der Waals surface area (Å²) in [7, 11) is 0. The number of hydrogen-bond acceptors (Lipinski definition) is 3. The predicted molar refractivity (Wildman–Crippen MR) is 82.6 cm³/mol. The Kier molecular flexibility index (Phi) is 5.41. The highest BCUT2D eigenvalue weighted by Crippen LogP contribution is 2.17. The molecular formula is C16H25N3O. The number of nitrogens with zero attached hydrogens (tertiary/aromatic N) is 1. The Balaban J connectivity index is 1.76. The topological polar surface area (TPSA) is 58.4 Å². The lowest BCUT2D eigenvalue weighted by molar-refractivity contribution is -0.122. The fourth-order valence-electron chi connectivity index (χ4n) is 2.65. The zero-order chi connectivity index (χ0) is 14.4. The van der Waals surface area contributed by atoms with Gasteiger partial charge in [-0.3, -0.25) is 4.79 Å². The highest BCUT2D eigenvalue weighted by molar-refractivity contribution is 5.83. The molecule has 3 N–H and O–H groups in total. The molecule has 1 fully saturated rings. The molecule has 1 atom stereocenters. The predicted octanol–water partition coefficient (Wildman–Crippen LogP) is 1.97. The second-order valence-corrected chi connectivity index (χ2v) is 5.59. The lowest BCUT2D eigenvalue weighted by atomic mass is 10.00. The molecule has 4 heteroatoms. The fourth-order valence-corrected chi connectivity index (χ4v) is 2.65. The Hall–Kier alpha value is -1.55. The summed E-state index contributed by atoms with van der Waals surface area (Å²) in [5, 5.41) is 3.03. The highest BCUT2D eigenvalue weighted by Gasteiger charge is 2.15. The van der Waals surface area contributed by atoms with E-state index in [1.54, 1.807) is 0 Å². The van der Waals surface area contributed by atoms with E-state index in [1.807, 2.05) is 31.2 Å². The molecule has 1 unspecified atom stereocenters. The van der Waals surface area contributed by atoms with Crippen molar-refractivity contribution in [2.24, 2.45) is 0 Å². The Bertz CT molecular complexity index is 441. The molecule has 1 amide bonds. The summed E-state index contributed by atoms with van der Waals surface area (Å²) in [6.45, 7) is 5.94. The van der Waals surface area contributed by atoms with Crippen molar-refractivity contribution in [3.63, 3.8) is 0 Å². The van der Waals surface area contributed by atoms with Gasteiger partial charge in [0.25, 0.3) is 0 Å². The van der Waals surface area contributed by atoms with Crippen LogP contribution in [-0.4, -0.2) is 37.0 Å². The molecule has 0 saturated carbocycles. The molecule has 110 valence electrons. The first-order valence-corrected chi connectivity index (χ1v) is 7.52.